The standard InChI is InChI=1S/C21H22ClN3O2/c1-4-14(3)18(23-20(26)16-7-5-6-8-17(16)22)21-24-19(25-27-21)15-11-9-13(2)10-12-15/h5-12,14,18H,4H2,1-3H3,(H,23,26)/t14-,18+/m1/s1. The molecule has 27 heavy (non-hydrogen) atoms. The van der Waals surface area contributed by atoms with Crippen LogP contribution in [0.1, 0.15) is 48.1 Å². The van der Waals surface area contributed by atoms with Gasteiger partial charge in [-0.1, -0.05) is 79.0 Å². The molecule has 0 radical (unpaired) electrons. The topological polar surface area (TPSA) is 68.0 Å². The third kappa shape index (κ3) is 4.37. The predicted molar refractivity (Wildman–Crippen MR) is 106 cm³/mol. The van der Waals surface area contributed by atoms with Crippen LogP contribution in [0.4, 0.5) is 0 Å². The van der Waals surface area contributed by atoms with Gasteiger partial charge < -0.3 is 9.84 Å². The third-order valence-corrected chi connectivity index (χ3v) is 4.97. The van der Waals surface area contributed by atoms with Gasteiger partial charge in [0.2, 0.25) is 11.7 Å². The second kappa shape index (κ2) is 8.35. The minimum absolute atomic E-state index is 0.114. The van der Waals surface area contributed by atoms with Crippen LogP contribution < -0.4 is 5.32 Å². The van der Waals surface area contributed by atoms with Crippen molar-refractivity contribution >= 4 is 17.5 Å². The van der Waals surface area contributed by atoms with Crippen LogP contribution in [0.25, 0.3) is 11.4 Å². The van der Waals surface area contributed by atoms with Gasteiger partial charge in [-0.05, 0) is 25.0 Å². The van der Waals surface area contributed by atoms with Gasteiger partial charge in [-0.15, -0.1) is 0 Å². The fourth-order valence-corrected chi connectivity index (χ4v) is 2.95. The van der Waals surface area contributed by atoms with E-state index in [-0.39, 0.29) is 11.8 Å². The molecule has 3 rings (SSSR count). The van der Waals surface area contributed by atoms with Gasteiger partial charge in [-0.3, -0.25) is 4.79 Å². The van der Waals surface area contributed by atoms with Gasteiger partial charge in [-0.25, -0.2) is 0 Å². The highest BCUT2D eigenvalue weighted by atomic mass is 35.5. The number of nitrogens with zero attached hydrogens (tertiary/aromatic N) is 2. The van der Waals surface area contributed by atoms with Crippen molar-refractivity contribution in [3.63, 3.8) is 0 Å². The molecule has 1 N–H and O–H groups in total. The molecule has 1 amide bonds. The van der Waals surface area contributed by atoms with E-state index < -0.39 is 6.04 Å². The van der Waals surface area contributed by atoms with Crippen LogP contribution in [0, 0.1) is 12.8 Å². The summed E-state index contributed by atoms with van der Waals surface area (Å²) in [7, 11) is 0. The number of carbonyl (C=O) groups excluding carboxylic acids is 1. The van der Waals surface area contributed by atoms with E-state index in [1.165, 1.54) is 0 Å². The highest BCUT2D eigenvalue weighted by Gasteiger charge is 2.27. The quantitative estimate of drug-likeness (QED) is 0.633. The number of aryl methyl sites for hydroxylation is 1. The first kappa shape index (κ1) is 19.1. The van der Waals surface area contributed by atoms with Crippen molar-refractivity contribution in [3.8, 4) is 11.4 Å². The molecule has 1 aromatic heterocycles. The van der Waals surface area contributed by atoms with Crippen LogP contribution in [0.2, 0.25) is 5.02 Å². The van der Waals surface area contributed by atoms with Crippen LogP contribution in [0.5, 0.6) is 0 Å². The van der Waals surface area contributed by atoms with Crippen molar-refractivity contribution < 1.29 is 9.32 Å². The fourth-order valence-electron chi connectivity index (χ4n) is 2.73. The molecule has 0 saturated carbocycles. The molecule has 2 atom stereocenters. The lowest BCUT2D eigenvalue weighted by Gasteiger charge is -2.21. The van der Waals surface area contributed by atoms with Crippen LogP contribution >= 0.6 is 11.6 Å². The maximum atomic E-state index is 12.7. The van der Waals surface area contributed by atoms with Crippen molar-refractivity contribution in [2.24, 2.45) is 5.92 Å². The van der Waals surface area contributed by atoms with E-state index in [2.05, 4.69) is 22.4 Å². The summed E-state index contributed by atoms with van der Waals surface area (Å²) in [5.41, 5.74) is 2.45. The Morgan fingerprint density at radius 3 is 2.56 bits per heavy atom. The zero-order chi connectivity index (χ0) is 19.4. The van der Waals surface area contributed by atoms with Crippen LogP contribution in [-0.4, -0.2) is 16.0 Å². The summed E-state index contributed by atoms with van der Waals surface area (Å²) in [6.07, 6.45) is 0.843. The van der Waals surface area contributed by atoms with Gasteiger partial charge in [0, 0.05) is 5.56 Å². The van der Waals surface area contributed by atoms with Crippen molar-refractivity contribution in [2.45, 2.75) is 33.2 Å². The molecule has 0 aliphatic carbocycles. The first-order chi connectivity index (χ1) is 13.0. The minimum atomic E-state index is -0.398. The molecule has 0 aliphatic heterocycles. The monoisotopic (exact) mass is 383 g/mol. The Labute approximate surface area is 163 Å². The molecule has 0 fully saturated rings. The number of amides is 1. The second-order valence-electron chi connectivity index (χ2n) is 6.64. The summed E-state index contributed by atoms with van der Waals surface area (Å²) in [6, 6.07) is 14.4. The van der Waals surface area contributed by atoms with E-state index in [4.69, 9.17) is 16.1 Å². The Bertz CT molecular complexity index is 921. The fraction of sp³-hybridized carbons (Fsp3) is 0.286. The summed E-state index contributed by atoms with van der Waals surface area (Å²) >= 11 is 6.15. The van der Waals surface area contributed by atoms with Crippen LogP contribution in [-0.2, 0) is 0 Å². The molecule has 5 nitrogen and oxygen atoms in total. The van der Waals surface area contributed by atoms with Crippen LogP contribution in [0.3, 0.4) is 0 Å². The number of carbonyl (C=O) groups is 1. The van der Waals surface area contributed by atoms with Crippen molar-refractivity contribution in [1.82, 2.24) is 15.5 Å². The van der Waals surface area contributed by atoms with Gasteiger partial charge in [0.15, 0.2) is 0 Å². The predicted octanol–water partition coefficient (Wildman–Crippen LogP) is 5.22. The average Bonchev–Trinajstić information content (AvgIpc) is 3.16. The summed E-state index contributed by atoms with van der Waals surface area (Å²) in [4.78, 5) is 17.2. The Balaban J connectivity index is 1.86. The summed E-state index contributed by atoms with van der Waals surface area (Å²) < 4.78 is 5.49. The maximum Gasteiger partial charge on any atom is 0.253 e. The number of rotatable bonds is 6. The molecule has 0 unspecified atom stereocenters. The first-order valence-corrected chi connectivity index (χ1v) is 9.33. The Hall–Kier alpha value is -2.66. The average molecular weight is 384 g/mol. The molecule has 3 aromatic rings. The molecule has 140 valence electrons. The van der Waals surface area contributed by atoms with E-state index in [1.54, 1.807) is 24.3 Å². The molecule has 6 heteroatoms. The molecule has 1 heterocycles. The second-order valence-corrected chi connectivity index (χ2v) is 7.05. The van der Waals surface area contributed by atoms with Gasteiger partial charge in [0.1, 0.15) is 6.04 Å². The number of nitrogens with one attached hydrogen (secondary N) is 1. The lowest BCUT2D eigenvalue weighted by molar-refractivity contribution is 0.0910. The Kier molecular flexibility index (Phi) is 5.91. The molecule has 0 spiro atoms. The van der Waals surface area contributed by atoms with Gasteiger partial charge in [-0.2, -0.15) is 4.98 Å². The Morgan fingerprint density at radius 2 is 1.89 bits per heavy atom. The van der Waals surface area contributed by atoms with E-state index in [0.717, 1.165) is 17.5 Å². The van der Waals surface area contributed by atoms with Gasteiger partial charge >= 0.3 is 0 Å². The van der Waals surface area contributed by atoms with Crippen molar-refractivity contribution in [1.29, 1.82) is 0 Å². The molecular weight excluding hydrogens is 362 g/mol. The maximum absolute atomic E-state index is 12.7. The molecule has 0 bridgehead atoms. The summed E-state index contributed by atoms with van der Waals surface area (Å²) in [5.74, 6) is 0.745. The number of aromatic nitrogens is 2. The molecule has 0 aliphatic rings. The summed E-state index contributed by atoms with van der Waals surface area (Å²) in [6.45, 7) is 6.11. The highest BCUT2D eigenvalue weighted by molar-refractivity contribution is 6.33. The highest BCUT2D eigenvalue weighted by Crippen LogP contribution is 2.27. The minimum Gasteiger partial charge on any atom is -0.340 e. The molecular formula is C21H22ClN3O2. The Morgan fingerprint density at radius 1 is 1.19 bits per heavy atom. The lowest BCUT2D eigenvalue weighted by atomic mass is 9.98. The van der Waals surface area contributed by atoms with E-state index in [1.807, 2.05) is 38.1 Å². The molecule has 0 saturated heterocycles. The van der Waals surface area contributed by atoms with E-state index in [9.17, 15) is 4.79 Å². The molecule has 2 aromatic carbocycles. The summed E-state index contributed by atoms with van der Waals surface area (Å²) in [5, 5.41) is 7.49. The normalized spacial score (nSPS) is 13.2. The SMILES string of the molecule is CC[C@@H](C)[C@H](NC(=O)c1ccccc1Cl)c1nc(-c2ccc(C)cc2)no1. The number of halogens is 1. The third-order valence-electron chi connectivity index (χ3n) is 4.64. The number of hydrogen-bond acceptors (Lipinski definition) is 4. The largest absolute Gasteiger partial charge is 0.340 e. The lowest BCUT2D eigenvalue weighted by Crippen LogP contribution is -2.33. The van der Waals surface area contributed by atoms with E-state index >= 15 is 0 Å². The first-order valence-electron chi connectivity index (χ1n) is 8.95. The number of hydrogen-bond donors (Lipinski definition) is 1. The zero-order valence-corrected chi connectivity index (χ0v) is 16.3. The van der Waals surface area contributed by atoms with E-state index in [0.29, 0.717) is 22.3 Å². The van der Waals surface area contributed by atoms with Crippen molar-refractivity contribution in [3.05, 3.63) is 70.6 Å². The van der Waals surface area contributed by atoms with Crippen LogP contribution in [0.15, 0.2) is 53.1 Å². The van der Waals surface area contributed by atoms with Gasteiger partial charge in [0.25, 0.3) is 5.91 Å². The van der Waals surface area contributed by atoms with Crippen molar-refractivity contribution in [2.75, 3.05) is 0 Å². The zero-order valence-electron chi connectivity index (χ0n) is 15.6. The number of benzene rings is 2. The van der Waals surface area contributed by atoms with Gasteiger partial charge in [0.05, 0.1) is 10.6 Å². The smallest absolute Gasteiger partial charge is 0.253 e.